The molecule has 8 nitrogen and oxygen atoms in total. The van der Waals surface area contributed by atoms with E-state index in [0.717, 1.165) is 18.7 Å². The van der Waals surface area contributed by atoms with Gasteiger partial charge in [-0.2, -0.15) is 8.42 Å². The van der Waals surface area contributed by atoms with Crippen molar-refractivity contribution in [3.8, 4) is 0 Å². The lowest BCUT2D eigenvalue weighted by atomic mass is 9.91. The second-order valence-corrected chi connectivity index (χ2v) is 11.5. The molecule has 0 bridgehead atoms. The quantitative estimate of drug-likeness (QED) is 0.742. The summed E-state index contributed by atoms with van der Waals surface area (Å²) in [7, 11) is -4.19. The average molecular weight is 446 g/mol. The molecular formula is C22H31N5O3S. The molecule has 0 saturated carbocycles. The standard InChI is InChI=1S/C22H31N5O3S/c1-14-12-22(5,6)27(13-14)19-15(10-11-16(24-19)21(2,3)4)20(28)26-31(29,30)18-9-7-8-17(23)25-18/h7-11,14H,12-13H2,1-6H3,(H2,23,25)(H,26,28). The Hall–Kier alpha value is -2.68. The normalized spacial score (nSPS) is 18.8. The first-order valence-corrected chi connectivity index (χ1v) is 11.8. The van der Waals surface area contributed by atoms with Crippen molar-refractivity contribution in [2.45, 2.75) is 63.9 Å². The summed E-state index contributed by atoms with van der Waals surface area (Å²) >= 11 is 0. The molecule has 3 rings (SSSR count). The van der Waals surface area contributed by atoms with Crippen molar-refractivity contribution in [2.24, 2.45) is 5.92 Å². The zero-order valence-electron chi connectivity index (χ0n) is 18.9. The number of anilines is 2. The second kappa shape index (κ2) is 7.78. The lowest BCUT2D eigenvalue weighted by Crippen LogP contribution is -2.41. The molecule has 3 N–H and O–H groups in total. The third-order valence-electron chi connectivity index (χ3n) is 5.46. The minimum atomic E-state index is -4.19. The third-order valence-corrected chi connectivity index (χ3v) is 6.70. The average Bonchev–Trinajstić information content (AvgIpc) is 2.92. The fraction of sp³-hybridized carbons (Fsp3) is 0.500. The fourth-order valence-electron chi connectivity index (χ4n) is 4.02. The molecule has 9 heteroatoms. The number of sulfonamides is 1. The van der Waals surface area contributed by atoms with Gasteiger partial charge in [0.2, 0.25) is 0 Å². The van der Waals surface area contributed by atoms with Gasteiger partial charge in [-0.25, -0.2) is 14.7 Å². The van der Waals surface area contributed by atoms with E-state index in [1.807, 2.05) is 20.8 Å². The van der Waals surface area contributed by atoms with Crippen molar-refractivity contribution in [1.29, 1.82) is 0 Å². The monoisotopic (exact) mass is 445 g/mol. The van der Waals surface area contributed by atoms with E-state index in [0.29, 0.717) is 11.7 Å². The number of nitrogen functional groups attached to an aromatic ring is 1. The van der Waals surface area contributed by atoms with Crippen LogP contribution in [0.15, 0.2) is 35.4 Å². The van der Waals surface area contributed by atoms with Crippen LogP contribution in [0, 0.1) is 5.92 Å². The van der Waals surface area contributed by atoms with Gasteiger partial charge < -0.3 is 10.6 Å². The molecular weight excluding hydrogens is 414 g/mol. The van der Waals surface area contributed by atoms with Crippen molar-refractivity contribution in [1.82, 2.24) is 14.7 Å². The number of rotatable bonds is 4. The Morgan fingerprint density at radius 3 is 2.42 bits per heavy atom. The van der Waals surface area contributed by atoms with Crippen molar-refractivity contribution in [3.63, 3.8) is 0 Å². The summed E-state index contributed by atoms with van der Waals surface area (Å²) in [6, 6.07) is 7.67. The summed E-state index contributed by atoms with van der Waals surface area (Å²) in [4.78, 5) is 23.9. The van der Waals surface area contributed by atoms with Crippen LogP contribution in [-0.2, 0) is 15.4 Å². The molecule has 1 atom stereocenters. The van der Waals surface area contributed by atoms with Gasteiger partial charge in [0.1, 0.15) is 11.6 Å². The lowest BCUT2D eigenvalue weighted by Gasteiger charge is -2.34. The Kier molecular flexibility index (Phi) is 5.77. The maximum atomic E-state index is 13.1. The van der Waals surface area contributed by atoms with Gasteiger partial charge in [0.15, 0.2) is 5.03 Å². The first kappa shape index (κ1) is 23.0. The molecule has 0 aromatic carbocycles. The molecule has 1 aliphatic heterocycles. The third kappa shape index (κ3) is 4.81. The Bertz CT molecular complexity index is 1110. The summed E-state index contributed by atoms with van der Waals surface area (Å²) in [6.45, 7) is 13.3. The molecule has 1 saturated heterocycles. The topological polar surface area (TPSA) is 118 Å². The number of nitrogens with one attached hydrogen (secondary N) is 1. The minimum Gasteiger partial charge on any atom is -0.384 e. The summed E-state index contributed by atoms with van der Waals surface area (Å²) in [6.07, 6.45) is 0.945. The number of pyridine rings is 2. The molecule has 2 aromatic rings. The van der Waals surface area contributed by atoms with Crippen LogP contribution < -0.4 is 15.4 Å². The summed E-state index contributed by atoms with van der Waals surface area (Å²) < 4.78 is 27.6. The maximum Gasteiger partial charge on any atom is 0.281 e. The molecule has 1 aliphatic rings. The number of carbonyl (C=O) groups excluding carboxylic acids is 1. The van der Waals surface area contributed by atoms with Crippen LogP contribution in [-0.4, -0.2) is 36.4 Å². The van der Waals surface area contributed by atoms with E-state index in [9.17, 15) is 13.2 Å². The zero-order valence-corrected chi connectivity index (χ0v) is 19.7. The van der Waals surface area contributed by atoms with Gasteiger partial charge in [-0.15, -0.1) is 0 Å². The van der Waals surface area contributed by atoms with E-state index in [1.165, 1.54) is 18.2 Å². The summed E-state index contributed by atoms with van der Waals surface area (Å²) in [5, 5.41) is -0.309. The Morgan fingerprint density at radius 1 is 1.19 bits per heavy atom. The Labute approximate surface area is 184 Å². The van der Waals surface area contributed by atoms with Gasteiger partial charge in [0.05, 0.1) is 5.56 Å². The van der Waals surface area contributed by atoms with E-state index < -0.39 is 15.9 Å². The van der Waals surface area contributed by atoms with Crippen molar-refractivity contribution >= 4 is 27.6 Å². The predicted molar refractivity (Wildman–Crippen MR) is 121 cm³/mol. The maximum absolute atomic E-state index is 13.1. The highest BCUT2D eigenvalue weighted by Gasteiger charge is 2.39. The van der Waals surface area contributed by atoms with Crippen LogP contribution in [0.4, 0.5) is 11.6 Å². The molecule has 1 fully saturated rings. The van der Waals surface area contributed by atoms with Crippen molar-refractivity contribution in [3.05, 3.63) is 41.6 Å². The number of aromatic nitrogens is 2. The molecule has 1 unspecified atom stereocenters. The number of hydrogen-bond donors (Lipinski definition) is 2. The fourth-order valence-corrected chi connectivity index (χ4v) is 4.96. The number of hydrogen-bond acceptors (Lipinski definition) is 7. The highest BCUT2D eigenvalue weighted by Crippen LogP contribution is 2.38. The van der Waals surface area contributed by atoms with Crippen molar-refractivity contribution in [2.75, 3.05) is 17.2 Å². The molecule has 0 spiro atoms. The van der Waals surface area contributed by atoms with Gasteiger partial charge in [-0.05, 0) is 50.5 Å². The minimum absolute atomic E-state index is 0.0556. The van der Waals surface area contributed by atoms with Gasteiger partial charge in [0, 0.05) is 23.2 Å². The Morgan fingerprint density at radius 2 is 1.87 bits per heavy atom. The molecule has 31 heavy (non-hydrogen) atoms. The molecule has 0 aliphatic carbocycles. The molecule has 168 valence electrons. The second-order valence-electron chi connectivity index (χ2n) is 9.89. The number of nitrogens with zero attached hydrogens (tertiary/aromatic N) is 3. The summed E-state index contributed by atoms with van der Waals surface area (Å²) in [5.41, 5.74) is 6.20. The highest BCUT2D eigenvalue weighted by molar-refractivity contribution is 7.90. The molecule has 3 heterocycles. The Balaban J connectivity index is 2.05. The van der Waals surface area contributed by atoms with Gasteiger partial charge in [-0.3, -0.25) is 4.79 Å². The predicted octanol–water partition coefficient (Wildman–Crippen LogP) is 3.10. The first-order chi connectivity index (χ1) is 14.2. The van der Waals surface area contributed by atoms with Crippen molar-refractivity contribution < 1.29 is 13.2 Å². The van der Waals surface area contributed by atoms with Gasteiger partial charge >= 0.3 is 0 Å². The molecule has 1 amide bonds. The SMILES string of the molecule is CC1CN(c2nc(C(C)(C)C)ccc2C(=O)NS(=O)(=O)c2cccc(N)n2)C(C)(C)C1. The lowest BCUT2D eigenvalue weighted by molar-refractivity contribution is 0.0981. The van der Waals surface area contributed by atoms with E-state index >= 15 is 0 Å². The van der Waals surface area contributed by atoms with E-state index in [1.54, 1.807) is 12.1 Å². The van der Waals surface area contributed by atoms with E-state index in [-0.39, 0.29) is 27.4 Å². The number of amides is 1. The van der Waals surface area contributed by atoms with Crippen LogP contribution in [0.1, 0.15) is 64.0 Å². The number of nitrogens with two attached hydrogens (primary N) is 1. The van der Waals surface area contributed by atoms with Crippen LogP contribution in [0.3, 0.4) is 0 Å². The smallest absolute Gasteiger partial charge is 0.281 e. The van der Waals surface area contributed by atoms with Crippen LogP contribution in [0.25, 0.3) is 0 Å². The molecule has 0 radical (unpaired) electrons. The zero-order chi connectivity index (χ0) is 23.2. The van der Waals surface area contributed by atoms with Gasteiger partial charge in [-0.1, -0.05) is 33.8 Å². The first-order valence-electron chi connectivity index (χ1n) is 10.3. The van der Waals surface area contributed by atoms with Gasteiger partial charge in [0.25, 0.3) is 15.9 Å². The van der Waals surface area contributed by atoms with E-state index in [4.69, 9.17) is 10.7 Å². The highest BCUT2D eigenvalue weighted by atomic mass is 32.2. The van der Waals surface area contributed by atoms with Crippen LogP contribution in [0.5, 0.6) is 0 Å². The van der Waals surface area contributed by atoms with Crippen LogP contribution in [0.2, 0.25) is 0 Å². The van der Waals surface area contributed by atoms with E-state index in [2.05, 4.69) is 35.4 Å². The number of carbonyl (C=O) groups is 1. The van der Waals surface area contributed by atoms with Crippen LogP contribution >= 0.6 is 0 Å². The summed E-state index contributed by atoms with van der Waals surface area (Å²) in [5.74, 6) is 0.226. The largest absolute Gasteiger partial charge is 0.384 e. The molecule has 2 aromatic heterocycles.